The number of hydrogen-bond acceptors (Lipinski definition) is 3. The van der Waals surface area contributed by atoms with Crippen molar-refractivity contribution in [1.82, 2.24) is 10.2 Å². The Morgan fingerprint density at radius 3 is 2.75 bits per heavy atom. The first kappa shape index (κ1) is 15.0. The van der Waals surface area contributed by atoms with Crippen LogP contribution in [0.4, 0.5) is 0 Å². The van der Waals surface area contributed by atoms with Crippen LogP contribution in [0.15, 0.2) is 24.3 Å². The summed E-state index contributed by atoms with van der Waals surface area (Å²) in [4.78, 5) is 2.46. The van der Waals surface area contributed by atoms with Gasteiger partial charge in [-0.15, -0.1) is 0 Å². The second kappa shape index (κ2) is 7.42. The number of piperidine rings is 1. The maximum absolute atomic E-state index is 8.92. The number of nitrogens with one attached hydrogen (secondary N) is 1. The maximum Gasteiger partial charge on any atom is 0.0991 e. The van der Waals surface area contributed by atoms with Gasteiger partial charge >= 0.3 is 0 Å². The zero-order valence-corrected chi connectivity index (χ0v) is 12.6. The molecule has 1 heterocycles. The molecule has 0 spiro atoms. The average Bonchev–Trinajstić information content (AvgIpc) is 2.48. The van der Waals surface area contributed by atoms with Gasteiger partial charge in [0.1, 0.15) is 0 Å². The van der Waals surface area contributed by atoms with Gasteiger partial charge in [0.15, 0.2) is 0 Å². The lowest BCUT2D eigenvalue weighted by Gasteiger charge is -2.39. The van der Waals surface area contributed by atoms with E-state index in [2.05, 4.69) is 42.4 Å². The summed E-state index contributed by atoms with van der Waals surface area (Å²) < 4.78 is 0. The van der Waals surface area contributed by atoms with E-state index in [-0.39, 0.29) is 0 Å². The molecule has 0 radical (unpaired) electrons. The molecule has 2 rings (SSSR count). The molecule has 0 aromatic heterocycles. The molecule has 1 aliphatic heterocycles. The quantitative estimate of drug-likeness (QED) is 0.837. The largest absolute Gasteiger partial charge is 0.316 e. The van der Waals surface area contributed by atoms with Crippen LogP contribution in [0.3, 0.4) is 0 Å². The highest BCUT2D eigenvalue weighted by Gasteiger charge is 2.29. The molecule has 20 heavy (non-hydrogen) atoms. The molecule has 0 saturated carbocycles. The van der Waals surface area contributed by atoms with Gasteiger partial charge in [-0.25, -0.2) is 0 Å². The van der Waals surface area contributed by atoms with Crippen molar-refractivity contribution in [1.29, 1.82) is 5.26 Å². The van der Waals surface area contributed by atoms with Gasteiger partial charge in [-0.1, -0.05) is 19.1 Å². The van der Waals surface area contributed by atoms with Gasteiger partial charge < -0.3 is 5.32 Å². The zero-order chi connectivity index (χ0) is 14.4. The third-order valence-corrected chi connectivity index (χ3v) is 4.22. The molecule has 0 aliphatic carbocycles. The molecule has 2 atom stereocenters. The molecule has 1 saturated heterocycles. The van der Waals surface area contributed by atoms with Gasteiger partial charge in [0.2, 0.25) is 0 Å². The van der Waals surface area contributed by atoms with Crippen molar-refractivity contribution in [2.75, 3.05) is 26.7 Å². The zero-order valence-electron chi connectivity index (χ0n) is 12.6. The number of nitrogens with zero attached hydrogens (tertiary/aromatic N) is 2. The Morgan fingerprint density at radius 2 is 2.10 bits per heavy atom. The summed E-state index contributed by atoms with van der Waals surface area (Å²) in [5.74, 6) is 0.660. The first-order valence-electron chi connectivity index (χ1n) is 7.67. The van der Waals surface area contributed by atoms with E-state index in [0.717, 1.165) is 25.2 Å². The first-order valence-corrected chi connectivity index (χ1v) is 7.67. The molecule has 0 bridgehead atoms. The van der Waals surface area contributed by atoms with E-state index in [4.69, 9.17) is 5.26 Å². The van der Waals surface area contributed by atoms with E-state index >= 15 is 0 Å². The predicted molar refractivity (Wildman–Crippen MR) is 82.4 cm³/mol. The Balaban J connectivity index is 2.11. The number of hydrogen-bond donors (Lipinski definition) is 1. The van der Waals surface area contributed by atoms with Gasteiger partial charge in [0.25, 0.3) is 0 Å². The van der Waals surface area contributed by atoms with Crippen LogP contribution < -0.4 is 5.32 Å². The van der Waals surface area contributed by atoms with E-state index < -0.39 is 0 Å². The predicted octanol–water partition coefficient (Wildman–Crippen LogP) is 2.94. The molecular weight excluding hydrogens is 246 g/mol. The van der Waals surface area contributed by atoms with Gasteiger partial charge in [0, 0.05) is 6.04 Å². The molecule has 1 aliphatic rings. The first-order chi connectivity index (χ1) is 9.76. The van der Waals surface area contributed by atoms with Crippen molar-refractivity contribution in [2.24, 2.45) is 5.92 Å². The highest BCUT2D eigenvalue weighted by Crippen LogP contribution is 2.34. The number of likely N-dealkylation sites (tertiary alicyclic amines) is 1. The molecular formula is C17H25N3. The van der Waals surface area contributed by atoms with Crippen LogP contribution >= 0.6 is 0 Å². The van der Waals surface area contributed by atoms with E-state index in [1.807, 2.05) is 12.1 Å². The summed E-state index contributed by atoms with van der Waals surface area (Å²) in [5, 5.41) is 12.5. The lowest BCUT2D eigenvalue weighted by Crippen LogP contribution is -2.40. The minimum Gasteiger partial charge on any atom is -0.316 e. The lowest BCUT2D eigenvalue weighted by molar-refractivity contribution is 0.119. The summed E-state index contributed by atoms with van der Waals surface area (Å²) in [7, 11) is 2.22. The van der Waals surface area contributed by atoms with Crippen molar-refractivity contribution < 1.29 is 0 Å². The summed E-state index contributed by atoms with van der Waals surface area (Å²) in [5.41, 5.74) is 2.09. The molecule has 1 aromatic carbocycles. The third kappa shape index (κ3) is 3.59. The monoisotopic (exact) mass is 271 g/mol. The number of rotatable bonds is 5. The average molecular weight is 271 g/mol. The fourth-order valence-corrected chi connectivity index (χ4v) is 3.22. The Bertz CT molecular complexity index is 446. The van der Waals surface area contributed by atoms with Crippen LogP contribution in [-0.2, 0) is 0 Å². The SMILES string of the molecule is CCCNCC1CCCN(C)C1c1ccc(C#N)cc1. The topological polar surface area (TPSA) is 39.1 Å². The second-order valence-electron chi connectivity index (χ2n) is 5.77. The third-order valence-electron chi connectivity index (χ3n) is 4.22. The second-order valence-corrected chi connectivity index (χ2v) is 5.77. The molecule has 2 unspecified atom stereocenters. The van der Waals surface area contributed by atoms with Crippen LogP contribution in [0.2, 0.25) is 0 Å². The van der Waals surface area contributed by atoms with Crippen molar-refractivity contribution in [3.63, 3.8) is 0 Å². The van der Waals surface area contributed by atoms with Crippen LogP contribution in [0.1, 0.15) is 43.4 Å². The minimum absolute atomic E-state index is 0.473. The molecule has 1 N–H and O–H groups in total. The van der Waals surface area contributed by atoms with Crippen molar-refractivity contribution in [2.45, 2.75) is 32.2 Å². The minimum atomic E-state index is 0.473. The summed E-state index contributed by atoms with van der Waals surface area (Å²) in [6, 6.07) is 10.8. The van der Waals surface area contributed by atoms with Gasteiger partial charge in [0.05, 0.1) is 11.6 Å². The molecule has 1 fully saturated rings. The normalized spacial score (nSPS) is 23.4. The van der Waals surface area contributed by atoms with Crippen molar-refractivity contribution in [3.05, 3.63) is 35.4 Å². The molecule has 3 heteroatoms. The van der Waals surface area contributed by atoms with Crippen LogP contribution in [0, 0.1) is 17.2 Å². The fourth-order valence-electron chi connectivity index (χ4n) is 3.22. The molecule has 1 aromatic rings. The van der Waals surface area contributed by atoms with Gasteiger partial charge in [-0.2, -0.15) is 5.26 Å². The van der Waals surface area contributed by atoms with Crippen LogP contribution in [0.25, 0.3) is 0 Å². The molecule has 3 nitrogen and oxygen atoms in total. The van der Waals surface area contributed by atoms with E-state index in [1.54, 1.807) is 0 Å². The number of benzene rings is 1. The smallest absolute Gasteiger partial charge is 0.0991 e. The van der Waals surface area contributed by atoms with Crippen LogP contribution in [-0.4, -0.2) is 31.6 Å². The summed E-state index contributed by atoms with van der Waals surface area (Å²) in [6.45, 7) is 5.55. The Labute approximate surface area is 122 Å². The Morgan fingerprint density at radius 1 is 1.35 bits per heavy atom. The van der Waals surface area contributed by atoms with E-state index in [0.29, 0.717) is 12.0 Å². The van der Waals surface area contributed by atoms with E-state index in [1.165, 1.54) is 24.8 Å². The van der Waals surface area contributed by atoms with Gasteiger partial charge in [-0.3, -0.25) is 4.90 Å². The van der Waals surface area contributed by atoms with Crippen molar-refractivity contribution >= 4 is 0 Å². The highest BCUT2D eigenvalue weighted by molar-refractivity contribution is 5.33. The fraction of sp³-hybridized carbons (Fsp3) is 0.588. The lowest BCUT2D eigenvalue weighted by atomic mass is 9.84. The summed E-state index contributed by atoms with van der Waals surface area (Å²) >= 11 is 0. The van der Waals surface area contributed by atoms with Crippen molar-refractivity contribution in [3.8, 4) is 6.07 Å². The van der Waals surface area contributed by atoms with E-state index in [9.17, 15) is 0 Å². The summed E-state index contributed by atoms with van der Waals surface area (Å²) in [6.07, 6.45) is 3.75. The number of nitriles is 1. The molecule has 0 amide bonds. The highest BCUT2D eigenvalue weighted by atomic mass is 15.1. The molecule has 108 valence electrons. The Kier molecular flexibility index (Phi) is 5.58. The van der Waals surface area contributed by atoms with Gasteiger partial charge in [-0.05, 0) is 69.6 Å². The standard InChI is InChI=1S/C17H25N3/c1-3-10-19-13-16-5-4-11-20(2)17(16)15-8-6-14(12-18)7-9-15/h6-9,16-17,19H,3-5,10-11,13H2,1-2H3. The Hall–Kier alpha value is -1.37. The van der Waals surface area contributed by atoms with Crippen LogP contribution in [0.5, 0.6) is 0 Å². The maximum atomic E-state index is 8.92.